The Morgan fingerprint density at radius 3 is 2.82 bits per heavy atom. The second-order valence-electron chi connectivity index (χ2n) is 9.00. The first-order valence-corrected chi connectivity index (χ1v) is 12.9. The monoisotopic (exact) mass is 520 g/mol. The number of nitrogens with zero attached hydrogens (tertiary/aromatic N) is 3. The number of aliphatic hydroxyl groups excluding tert-OH is 2. The molecule has 0 spiro atoms. The van der Waals surface area contributed by atoms with E-state index in [1.165, 1.54) is 5.57 Å². The molecule has 1 atom stereocenters. The molecule has 38 heavy (non-hydrogen) atoms. The quantitative estimate of drug-likeness (QED) is 0.162. The van der Waals surface area contributed by atoms with Crippen LogP contribution in [0.25, 0.3) is 11.2 Å². The molecule has 10 heteroatoms. The second kappa shape index (κ2) is 13.9. The normalized spacial score (nSPS) is 16.4. The molecule has 0 aromatic carbocycles. The predicted octanol–water partition coefficient (Wildman–Crippen LogP) is 2.09. The number of rotatable bonds is 12. The average Bonchev–Trinajstić information content (AvgIpc) is 3.37. The standard InChI is InChI=1S/C28H36N6O4/c1-20-18-22(6-9-24(20)28(36)31-12-17-37-16-10-29)33-26-27-32-19-25(34(27)13-11-30-26)21-4-7-23(8-5-21)38-15-3-2-14-35/h4,7,11,13,18-19,28,31,35-36H,5-6,8-10,12,14-17,29H2,1H3,(H,30,33). The van der Waals surface area contributed by atoms with Crippen molar-refractivity contribution in [3.63, 3.8) is 0 Å². The molecule has 0 bridgehead atoms. The highest BCUT2D eigenvalue weighted by molar-refractivity contribution is 5.73. The third-order valence-electron chi connectivity index (χ3n) is 6.42. The van der Waals surface area contributed by atoms with Crippen LogP contribution in [0.1, 0.15) is 38.3 Å². The predicted molar refractivity (Wildman–Crippen MR) is 147 cm³/mol. The highest BCUT2D eigenvalue weighted by Gasteiger charge is 2.19. The number of imidazole rings is 1. The fourth-order valence-corrected chi connectivity index (χ4v) is 4.50. The summed E-state index contributed by atoms with van der Waals surface area (Å²) < 4.78 is 13.1. The summed E-state index contributed by atoms with van der Waals surface area (Å²) in [7, 11) is 0. The first kappa shape index (κ1) is 27.6. The molecule has 4 rings (SSSR count). The van der Waals surface area contributed by atoms with Gasteiger partial charge < -0.3 is 30.7 Å². The lowest BCUT2D eigenvalue weighted by Crippen LogP contribution is -2.34. The van der Waals surface area contributed by atoms with Crippen LogP contribution < -0.4 is 16.4 Å². The van der Waals surface area contributed by atoms with Gasteiger partial charge in [-0.25, -0.2) is 9.97 Å². The number of hydrogen-bond donors (Lipinski definition) is 5. The van der Waals surface area contributed by atoms with Crippen molar-refractivity contribution in [2.24, 2.45) is 5.73 Å². The molecule has 0 amide bonds. The first-order chi connectivity index (χ1) is 18.6. The molecule has 2 aromatic heterocycles. The summed E-state index contributed by atoms with van der Waals surface area (Å²) >= 11 is 0. The maximum atomic E-state index is 10.6. The molecule has 2 aromatic rings. The molecule has 202 valence electrons. The first-order valence-electron chi connectivity index (χ1n) is 12.9. The lowest BCUT2D eigenvalue weighted by Gasteiger charge is -2.24. The van der Waals surface area contributed by atoms with E-state index in [-0.39, 0.29) is 13.2 Å². The zero-order chi connectivity index (χ0) is 26.7. The minimum absolute atomic E-state index is 0.159. The molecule has 1 unspecified atom stereocenters. The van der Waals surface area contributed by atoms with E-state index in [2.05, 4.69) is 44.6 Å². The Balaban J connectivity index is 1.42. The van der Waals surface area contributed by atoms with Gasteiger partial charge in [-0.2, -0.15) is 0 Å². The van der Waals surface area contributed by atoms with E-state index < -0.39 is 6.23 Å². The van der Waals surface area contributed by atoms with Gasteiger partial charge in [0.25, 0.3) is 0 Å². The Morgan fingerprint density at radius 1 is 1.16 bits per heavy atom. The van der Waals surface area contributed by atoms with Crippen LogP contribution in [-0.4, -0.2) is 70.3 Å². The lowest BCUT2D eigenvalue weighted by molar-refractivity contribution is 0.116. The van der Waals surface area contributed by atoms with Crippen LogP contribution in [0.5, 0.6) is 0 Å². The molecule has 0 fully saturated rings. The van der Waals surface area contributed by atoms with E-state index in [0.29, 0.717) is 32.1 Å². The van der Waals surface area contributed by atoms with Crippen LogP contribution in [0, 0.1) is 11.8 Å². The van der Waals surface area contributed by atoms with E-state index in [9.17, 15) is 5.11 Å². The Bertz CT molecular complexity index is 1300. The van der Waals surface area contributed by atoms with Crippen molar-refractivity contribution in [1.82, 2.24) is 19.7 Å². The molecular formula is C28H36N6O4. The van der Waals surface area contributed by atoms with Gasteiger partial charge in [-0.15, -0.1) is 0 Å². The Kier molecular flexibility index (Phi) is 10.1. The highest BCUT2D eigenvalue weighted by Crippen LogP contribution is 2.30. The van der Waals surface area contributed by atoms with Crippen molar-refractivity contribution in [3.8, 4) is 11.8 Å². The van der Waals surface area contributed by atoms with Crippen molar-refractivity contribution >= 4 is 17.0 Å². The summed E-state index contributed by atoms with van der Waals surface area (Å²) in [4.78, 5) is 9.21. The molecule has 2 aliphatic carbocycles. The number of ether oxygens (including phenoxy) is 2. The number of fused-ring (bicyclic) bond motifs is 1. The van der Waals surface area contributed by atoms with Gasteiger partial charge in [0.1, 0.15) is 19.4 Å². The molecule has 10 nitrogen and oxygen atoms in total. The minimum atomic E-state index is -0.706. The lowest BCUT2D eigenvalue weighted by atomic mass is 9.95. The maximum Gasteiger partial charge on any atom is 0.180 e. The van der Waals surface area contributed by atoms with Crippen molar-refractivity contribution in [1.29, 1.82) is 0 Å². The Morgan fingerprint density at radius 2 is 2.05 bits per heavy atom. The number of nitrogens with one attached hydrogen (secondary N) is 2. The fourth-order valence-electron chi connectivity index (χ4n) is 4.50. The molecule has 0 saturated heterocycles. The third kappa shape index (κ3) is 7.10. The van der Waals surface area contributed by atoms with Crippen LogP contribution in [0.15, 0.2) is 59.4 Å². The number of aliphatic hydroxyl groups is 2. The molecule has 2 heterocycles. The van der Waals surface area contributed by atoms with Gasteiger partial charge in [0.15, 0.2) is 11.5 Å². The highest BCUT2D eigenvalue weighted by atomic mass is 16.5. The number of allylic oxidation sites excluding steroid dienone is 7. The minimum Gasteiger partial charge on any atom is -0.485 e. The van der Waals surface area contributed by atoms with Crippen LogP contribution in [-0.2, 0) is 9.47 Å². The van der Waals surface area contributed by atoms with Crippen molar-refractivity contribution < 1.29 is 19.7 Å². The summed E-state index contributed by atoms with van der Waals surface area (Å²) in [6.07, 6.45) is 14.0. The average molecular weight is 521 g/mol. The van der Waals surface area contributed by atoms with E-state index in [4.69, 9.17) is 20.3 Å². The van der Waals surface area contributed by atoms with Gasteiger partial charge in [-0.3, -0.25) is 9.72 Å². The third-order valence-corrected chi connectivity index (χ3v) is 6.42. The number of hydrogen-bond acceptors (Lipinski definition) is 9. The summed E-state index contributed by atoms with van der Waals surface area (Å²) in [5.74, 6) is 6.92. The van der Waals surface area contributed by atoms with Crippen molar-refractivity contribution in [2.45, 2.75) is 38.8 Å². The van der Waals surface area contributed by atoms with Crippen molar-refractivity contribution in [2.75, 3.05) is 44.8 Å². The fraction of sp³-hybridized carbons (Fsp3) is 0.429. The van der Waals surface area contributed by atoms with Gasteiger partial charge >= 0.3 is 0 Å². The van der Waals surface area contributed by atoms with E-state index >= 15 is 0 Å². The molecule has 6 N–H and O–H groups in total. The summed E-state index contributed by atoms with van der Waals surface area (Å²) in [6, 6.07) is 0. The van der Waals surface area contributed by atoms with Gasteiger partial charge in [-0.05, 0) is 55.1 Å². The van der Waals surface area contributed by atoms with Crippen molar-refractivity contribution in [3.05, 3.63) is 65.1 Å². The largest absolute Gasteiger partial charge is 0.485 e. The second-order valence-corrected chi connectivity index (χ2v) is 9.00. The molecule has 2 aliphatic rings. The topological polar surface area (TPSA) is 139 Å². The van der Waals surface area contributed by atoms with Gasteiger partial charge in [0.05, 0.1) is 30.9 Å². The van der Waals surface area contributed by atoms with Crippen LogP contribution >= 0.6 is 0 Å². The van der Waals surface area contributed by atoms with Gasteiger partial charge in [-0.1, -0.05) is 17.9 Å². The molecule has 0 saturated carbocycles. The van der Waals surface area contributed by atoms with Gasteiger partial charge in [0.2, 0.25) is 0 Å². The number of aromatic nitrogens is 3. The smallest absolute Gasteiger partial charge is 0.180 e. The zero-order valence-electron chi connectivity index (χ0n) is 21.7. The molecule has 0 radical (unpaired) electrons. The number of nitrogens with two attached hydrogens (primary N) is 1. The van der Waals surface area contributed by atoms with E-state index in [1.54, 1.807) is 6.20 Å². The zero-order valence-corrected chi connectivity index (χ0v) is 21.7. The number of anilines is 1. The van der Waals surface area contributed by atoms with Crippen LogP contribution in [0.4, 0.5) is 5.82 Å². The molecule has 0 aliphatic heterocycles. The maximum absolute atomic E-state index is 10.6. The molecular weight excluding hydrogens is 484 g/mol. The Labute approximate surface area is 223 Å². The SMILES string of the molecule is CC1=C(C(O)NCCOCCN)CCC(Nc2nccn3c(C4=CC=C(OCC#CCO)CC4)cnc23)=C1. The Hall–Kier alpha value is -3.46. The van der Waals surface area contributed by atoms with Crippen LogP contribution in [0.3, 0.4) is 0 Å². The van der Waals surface area contributed by atoms with Crippen LogP contribution in [0.2, 0.25) is 0 Å². The summed E-state index contributed by atoms with van der Waals surface area (Å²) in [5.41, 5.74) is 11.4. The summed E-state index contributed by atoms with van der Waals surface area (Å²) in [5, 5.41) is 25.9. The summed E-state index contributed by atoms with van der Waals surface area (Å²) in [6.45, 7) is 4.20. The van der Waals surface area contributed by atoms with Gasteiger partial charge in [0, 0.05) is 37.6 Å². The van der Waals surface area contributed by atoms with E-state index in [1.807, 2.05) is 29.8 Å². The van der Waals surface area contributed by atoms with E-state index in [0.717, 1.165) is 59.6 Å².